The Morgan fingerprint density at radius 3 is 1.58 bits per heavy atom. The van der Waals surface area contributed by atoms with Gasteiger partial charge in [0.05, 0.1) is 19.8 Å². The minimum Gasteiger partial charge on any atom is -0.379 e. The molecule has 0 N–H and O–H groups in total. The van der Waals surface area contributed by atoms with Crippen molar-refractivity contribution >= 4 is 0 Å². The van der Waals surface area contributed by atoms with Gasteiger partial charge in [0.15, 0.2) is 0 Å². The minimum absolute atomic E-state index is 0.196. The van der Waals surface area contributed by atoms with Crippen LogP contribution in [0.25, 0.3) is 0 Å². The number of ether oxygens (including phenoxy) is 2. The molecule has 0 aliphatic rings. The summed E-state index contributed by atoms with van der Waals surface area (Å²) in [6.07, 6.45) is 13.4. The Kier molecular flexibility index (Phi) is 17.7. The number of hydrogen-bond acceptors (Lipinski definition) is 2. The molecule has 0 heterocycles. The molecule has 0 saturated carbocycles. The monoisotopic (exact) mass is 276 g/mol. The molecule has 0 unspecified atom stereocenters. The lowest BCUT2D eigenvalue weighted by Gasteiger charge is -2.05. The molecule has 0 atom stereocenters. The maximum absolute atomic E-state index is 11.7. The SMILES string of the molecule is CCCCCCCCCCCCOCCOCCF. The summed E-state index contributed by atoms with van der Waals surface area (Å²) in [7, 11) is 0. The maximum atomic E-state index is 11.7. The fourth-order valence-corrected chi connectivity index (χ4v) is 2.07. The lowest BCUT2D eigenvalue weighted by Crippen LogP contribution is -2.06. The van der Waals surface area contributed by atoms with Crippen molar-refractivity contribution in [2.75, 3.05) is 33.1 Å². The third-order valence-corrected chi connectivity index (χ3v) is 3.24. The van der Waals surface area contributed by atoms with E-state index in [2.05, 4.69) is 6.92 Å². The summed E-state index contributed by atoms with van der Waals surface area (Å²) in [5, 5.41) is 0. The van der Waals surface area contributed by atoms with Crippen molar-refractivity contribution in [2.45, 2.75) is 71.1 Å². The molecule has 0 fully saturated rings. The van der Waals surface area contributed by atoms with Gasteiger partial charge in [0, 0.05) is 6.61 Å². The molecule has 0 aliphatic heterocycles. The lowest BCUT2D eigenvalue weighted by atomic mass is 10.1. The zero-order chi connectivity index (χ0) is 14.0. The third-order valence-electron chi connectivity index (χ3n) is 3.24. The van der Waals surface area contributed by atoms with Gasteiger partial charge >= 0.3 is 0 Å². The first kappa shape index (κ1) is 18.9. The average molecular weight is 276 g/mol. The van der Waals surface area contributed by atoms with Crippen molar-refractivity contribution in [3.8, 4) is 0 Å². The van der Waals surface area contributed by atoms with E-state index in [9.17, 15) is 4.39 Å². The van der Waals surface area contributed by atoms with Crippen LogP contribution in [0.1, 0.15) is 71.1 Å². The van der Waals surface area contributed by atoms with Crippen LogP contribution in [0.15, 0.2) is 0 Å². The highest BCUT2D eigenvalue weighted by atomic mass is 19.1. The zero-order valence-corrected chi connectivity index (χ0v) is 12.8. The van der Waals surface area contributed by atoms with Gasteiger partial charge in [0.1, 0.15) is 6.67 Å². The predicted octanol–water partition coefficient (Wildman–Crippen LogP) is 4.91. The first-order valence-electron chi connectivity index (χ1n) is 8.13. The number of alkyl halides is 1. The van der Waals surface area contributed by atoms with Crippen LogP contribution in [0.2, 0.25) is 0 Å². The largest absolute Gasteiger partial charge is 0.379 e. The molecule has 116 valence electrons. The Labute approximate surface area is 119 Å². The molecule has 3 heteroatoms. The second kappa shape index (κ2) is 17.8. The van der Waals surface area contributed by atoms with E-state index in [4.69, 9.17) is 9.47 Å². The summed E-state index contributed by atoms with van der Waals surface area (Å²) in [5.74, 6) is 0. The smallest absolute Gasteiger partial charge is 0.113 e. The standard InChI is InChI=1S/C16H33FO2/c1-2-3-4-5-6-7-8-9-10-11-13-18-15-16-19-14-12-17/h2-16H2,1H3. The highest BCUT2D eigenvalue weighted by Crippen LogP contribution is 2.10. The minimum atomic E-state index is -0.404. The van der Waals surface area contributed by atoms with E-state index in [1.807, 2.05) is 0 Å². The first-order valence-corrected chi connectivity index (χ1v) is 8.13. The van der Waals surface area contributed by atoms with Crippen molar-refractivity contribution in [1.29, 1.82) is 0 Å². The summed E-state index contributed by atoms with van der Waals surface area (Å²) in [6.45, 7) is 3.98. The highest BCUT2D eigenvalue weighted by molar-refractivity contribution is 4.47. The number of rotatable bonds is 16. The highest BCUT2D eigenvalue weighted by Gasteiger charge is 1.93. The van der Waals surface area contributed by atoms with Gasteiger partial charge in [-0.15, -0.1) is 0 Å². The molecule has 0 saturated heterocycles. The van der Waals surface area contributed by atoms with Gasteiger partial charge in [0.25, 0.3) is 0 Å². The van der Waals surface area contributed by atoms with Crippen molar-refractivity contribution in [2.24, 2.45) is 0 Å². The second-order valence-electron chi connectivity index (χ2n) is 5.10. The Hall–Kier alpha value is -0.150. The van der Waals surface area contributed by atoms with Gasteiger partial charge in [-0.1, -0.05) is 64.7 Å². The summed E-state index contributed by atoms with van der Waals surface area (Å²) in [5.41, 5.74) is 0. The van der Waals surface area contributed by atoms with E-state index in [0.29, 0.717) is 13.2 Å². The van der Waals surface area contributed by atoms with E-state index in [1.54, 1.807) is 0 Å². The Morgan fingerprint density at radius 1 is 0.579 bits per heavy atom. The van der Waals surface area contributed by atoms with Crippen LogP contribution in [-0.2, 0) is 9.47 Å². The number of halogens is 1. The first-order chi connectivity index (χ1) is 9.41. The van der Waals surface area contributed by atoms with Crippen molar-refractivity contribution in [1.82, 2.24) is 0 Å². The van der Waals surface area contributed by atoms with Crippen LogP contribution >= 0.6 is 0 Å². The Balaban J connectivity index is 2.88. The summed E-state index contributed by atoms with van der Waals surface area (Å²) >= 11 is 0. The normalized spacial score (nSPS) is 11.1. The molecular weight excluding hydrogens is 243 g/mol. The molecule has 0 aromatic rings. The molecule has 0 radical (unpaired) electrons. The lowest BCUT2D eigenvalue weighted by molar-refractivity contribution is 0.0415. The van der Waals surface area contributed by atoms with Crippen LogP contribution in [0, 0.1) is 0 Å². The van der Waals surface area contributed by atoms with Gasteiger partial charge in [-0.3, -0.25) is 0 Å². The van der Waals surface area contributed by atoms with Crippen LogP contribution in [0.5, 0.6) is 0 Å². The zero-order valence-electron chi connectivity index (χ0n) is 12.8. The van der Waals surface area contributed by atoms with E-state index in [-0.39, 0.29) is 6.61 Å². The van der Waals surface area contributed by atoms with Crippen molar-refractivity contribution < 1.29 is 13.9 Å². The number of hydrogen-bond donors (Lipinski definition) is 0. The topological polar surface area (TPSA) is 18.5 Å². The maximum Gasteiger partial charge on any atom is 0.113 e. The predicted molar refractivity (Wildman–Crippen MR) is 79.5 cm³/mol. The Morgan fingerprint density at radius 2 is 1.05 bits per heavy atom. The molecule has 0 bridgehead atoms. The van der Waals surface area contributed by atoms with Crippen LogP contribution in [0.4, 0.5) is 4.39 Å². The average Bonchev–Trinajstić information content (AvgIpc) is 2.43. The van der Waals surface area contributed by atoms with Crippen LogP contribution < -0.4 is 0 Å². The molecule has 0 amide bonds. The second-order valence-corrected chi connectivity index (χ2v) is 5.10. The molecule has 19 heavy (non-hydrogen) atoms. The van der Waals surface area contributed by atoms with Gasteiger partial charge < -0.3 is 9.47 Å². The molecule has 0 aromatic carbocycles. The molecule has 2 nitrogen and oxygen atoms in total. The van der Waals surface area contributed by atoms with Gasteiger partial charge in [0.2, 0.25) is 0 Å². The summed E-state index contributed by atoms with van der Waals surface area (Å²) < 4.78 is 22.1. The quantitative estimate of drug-likeness (QED) is 0.373. The van der Waals surface area contributed by atoms with Crippen molar-refractivity contribution in [3.63, 3.8) is 0 Å². The molecule has 0 aromatic heterocycles. The third kappa shape index (κ3) is 17.9. The fraction of sp³-hybridized carbons (Fsp3) is 1.00. The van der Waals surface area contributed by atoms with Gasteiger partial charge in [-0.2, -0.15) is 0 Å². The van der Waals surface area contributed by atoms with Crippen LogP contribution in [0.3, 0.4) is 0 Å². The fourth-order valence-electron chi connectivity index (χ4n) is 2.07. The molecule has 0 spiro atoms. The van der Waals surface area contributed by atoms with Gasteiger partial charge in [-0.25, -0.2) is 4.39 Å². The van der Waals surface area contributed by atoms with Crippen molar-refractivity contribution in [3.05, 3.63) is 0 Å². The van der Waals surface area contributed by atoms with Gasteiger partial charge in [-0.05, 0) is 6.42 Å². The van der Waals surface area contributed by atoms with Crippen LogP contribution in [-0.4, -0.2) is 33.1 Å². The van der Waals surface area contributed by atoms with E-state index >= 15 is 0 Å². The number of unbranched alkanes of at least 4 members (excludes halogenated alkanes) is 9. The molecular formula is C16H33FO2. The van der Waals surface area contributed by atoms with E-state index in [1.165, 1.54) is 57.8 Å². The summed E-state index contributed by atoms with van der Waals surface area (Å²) in [4.78, 5) is 0. The summed E-state index contributed by atoms with van der Waals surface area (Å²) in [6, 6.07) is 0. The van der Waals surface area contributed by atoms with E-state index in [0.717, 1.165) is 13.0 Å². The molecule has 0 rings (SSSR count). The van der Waals surface area contributed by atoms with E-state index < -0.39 is 6.67 Å². The molecule has 0 aliphatic carbocycles. The Bertz CT molecular complexity index is 138.